The number of nitrogens with zero attached hydrogens (tertiary/aromatic N) is 1. The molecule has 0 amide bonds. The quantitative estimate of drug-likeness (QED) is 0.348. The fraction of sp³-hybridized carbons (Fsp3) is 0.407. The molecule has 0 radical (unpaired) electrons. The van der Waals surface area contributed by atoms with Crippen LogP contribution in [0.15, 0.2) is 63.7 Å². The van der Waals surface area contributed by atoms with E-state index in [0.29, 0.717) is 0 Å². The smallest absolute Gasteiger partial charge is 0.120 e. The third-order valence-corrected chi connectivity index (χ3v) is 8.42. The van der Waals surface area contributed by atoms with Crippen LogP contribution in [0.25, 0.3) is 15.7 Å². The highest BCUT2D eigenvalue weighted by molar-refractivity contribution is 7.99. The highest BCUT2D eigenvalue weighted by Gasteiger charge is 2.24. The van der Waals surface area contributed by atoms with Gasteiger partial charge in [0.15, 0.2) is 0 Å². The second-order valence-corrected chi connectivity index (χ2v) is 10.7. The SMILES string of the molecule is CCCOc1cccc(Sc2ccc3scc(C4=CCN5CCCCC5CC4)c3c2)c1.Cl. The molecule has 2 aromatic carbocycles. The van der Waals surface area contributed by atoms with Gasteiger partial charge in [-0.3, -0.25) is 4.90 Å². The number of hydrogen-bond acceptors (Lipinski definition) is 4. The van der Waals surface area contributed by atoms with Crippen molar-refractivity contribution in [2.24, 2.45) is 0 Å². The lowest BCUT2D eigenvalue weighted by Crippen LogP contribution is -2.38. The summed E-state index contributed by atoms with van der Waals surface area (Å²) < 4.78 is 7.21. The summed E-state index contributed by atoms with van der Waals surface area (Å²) in [6.45, 7) is 5.31. The summed E-state index contributed by atoms with van der Waals surface area (Å²) in [6.07, 6.45) is 10.2. The van der Waals surface area contributed by atoms with Gasteiger partial charge in [-0.15, -0.1) is 23.7 Å². The van der Waals surface area contributed by atoms with Crippen LogP contribution in [0.5, 0.6) is 5.75 Å². The number of benzene rings is 2. The van der Waals surface area contributed by atoms with Crippen LogP contribution in [-0.4, -0.2) is 30.6 Å². The van der Waals surface area contributed by atoms with Crippen LogP contribution in [-0.2, 0) is 0 Å². The van der Waals surface area contributed by atoms with E-state index in [-0.39, 0.29) is 12.4 Å². The molecule has 3 heterocycles. The number of allylic oxidation sites excluding steroid dienone is 1. The summed E-state index contributed by atoms with van der Waals surface area (Å²) in [6, 6.07) is 16.2. The molecular formula is C27H32ClNOS2. The second kappa shape index (κ2) is 11.1. The second-order valence-electron chi connectivity index (χ2n) is 8.65. The molecule has 1 unspecified atom stereocenters. The van der Waals surface area contributed by atoms with E-state index >= 15 is 0 Å². The van der Waals surface area contributed by atoms with E-state index in [1.807, 2.05) is 29.2 Å². The zero-order chi connectivity index (χ0) is 21.0. The van der Waals surface area contributed by atoms with E-state index < -0.39 is 0 Å². The van der Waals surface area contributed by atoms with Gasteiger partial charge in [0.1, 0.15) is 5.75 Å². The number of thiophene rings is 1. The Morgan fingerprint density at radius 2 is 2.00 bits per heavy atom. The Bertz CT molecular complexity index is 1080. The van der Waals surface area contributed by atoms with E-state index in [1.54, 1.807) is 5.57 Å². The number of fused-ring (bicyclic) bond motifs is 2. The van der Waals surface area contributed by atoms with Crippen molar-refractivity contribution in [2.75, 3.05) is 19.7 Å². The predicted molar refractivity (Wildman–Crippen MR) is 142 cm³/mol. The molecule has 0 bridgehead atoms. The van der Waals surface area contributed by atoms with E-state index in [4.69, 9.17) is 4.74 Å². The molecule has 1 atom stereocenters. The summed E-state index contributed by atoms with van der Waals surface area (Å²) in [5, 5.41) is 3.80. The van der Waals surface area contributed by atoms with Crippen molar-refractivity contribution in [3.05, 3.63) is 59.5 Å². The summed E-state index contributed by atoms with van der Waals surface area (Å²) in [5.74, 6) is 0.962. The molecule has 2 nitrogen and oxygen atoms in total. The minimum absolute atomic E-state index is 0. The molecule has 2 aliphatic heterocycles. The maximum atomic E-state index is 5.82. The largest absolute Gasteiger partial charge is 0.494 e. The Labute approximate surface area is 206 Å². The van der Waals surface area contributed by atoms with Gasteiger partial charge in [-0.1, -0.05) is 37.2 Å². The molecule has 0 spiro atoms. The van der Waals surface area contributed by atoms with Crippen molar-refractivity contribution < 1.29 is 4.74 Å². The highest BCUT2D eigenvalue weighted by atomic mass is 35.5. The lowest BCUT2D eigenvalue weighted by atomic mass is 9.95. The van der Waals surface area contributed by atoms with Crippen LogP contribution in [0.2, 0.25) is 0 Å². The number of hydrogen-bond donors (Lipinski definition) is 0. The molecule has 1 fully saturated rings. The summed E-state index contributed by atoms with van der Waals surface area (Å²) in [4.78, 5) is 5.24. The zero-order valence-corrected chi connectivity index (χ0v) is 21.2. The molecular weight excluding hydrogens is 454 g/mol. The number of piperidine rings is 1. The maximum Gasteiger partial charge on any atom is 0.120 e. The van der Waals surface area contributed by atoms with Crippen molar-refractivity contribution >= 4 is 51.2 Å². The summed E-state index contributed by atoms with van der Waals surface area (Å²) in [7, 11) is 0. The van der Waals surface area contributed by atoms with Crippen LogP contribution in [0.1, 0.15) is 51.0 Å². The van der Waals surface area contributed by atoms with E-state index in [0.717, 1.165) is 31.4 Å². The first-order valence-corrected chi connectivity index (χ1v) is 13.3. The van der Waals surface area contributed by atoms with Crippen molar-refractivity contribution in [3.63, 3.8) is 0 Å². The molecule has 32 heavy (non-hydrogen) atoms. The van der Waals surface area contributed by atoms with Gasteiger partial charge in [0.05, 0.1) is 6.61 Å². The Hall–Kier alpha value is -1.46. The van der Waals surface area contributed by atoms with Crippen molar-refractivity contribution in [2.45, 2.75) is 61.3 Å². The molecule has 0 N–H and O–H groups in total. The highest BCUT2D eigenvalue weighted by Crippen LogP contribution is 2.39. The fourth-order valence-corrected chi connectivity index (χ4v) is 6.70. The molecule has 5 rings (SSSR count). The van der Waals surface area contributed by atoms with Gasteiger partial charge in [0.25, 0.3) is 0 Å². The molecule has 1 aromatic heterocycles. The Kier molecular flexibility index (Phi) is 8.22. The van der Waals surface area contributed by atoms with Crippen molar-refractivity contribution in [1.29, 1.82) is 0 Å². The molecule has 0 aliphatic carbocycles. The minimum atomic E-state index is 0. The Balaban J connectivity index is 0.00000245. The average molecular weight is 486 g/mol. The Morgan fingerprint density at radius 3 is 2.91 bits per heavy atom. The van der Waals surface area contributed by atoms with Gasteiger partial charge in [-0.2, -0.15) is 0 Å². The number of halogens is 1. The van der Waals surface area contributed by atoms with Crippen LogP contribution in [0.3, 0.4) is 0 Å². The number of ether oxygens (including phenoxy) is 1. The molecule has 2 aliphatic rings. The van der Waals surface area contributed by atoms with Gasteiger partial charge in [-0.05, 0) is 91.6 Å². The van der Waals surface area contributed by atoms with Gasteiger partial charge in [0.2, 0.25) is 0 Å². The van der Waals surface area contributed by atoms with Gasteiger partial charge < -0.3 is 4.74 Å². The first-order valence-electron chi connectivity index (χ1n) is 11.7. The van der Waals surface area contributed by atoms with Gasteiger partial charge >= 0.3 is 0 Å². The standard InChI is InChI=1S/C27H31NOS2.ClH/c1-2-16-29-22-7-5-8-23(17-22)31-24-11-12-27-25(18-24)26(19-30-27)20-9-10-21-6-3-4-14-28(21)15-13-20;/h5,7-8,11-13,17-19,21H,2-4,6,9-10,14-16H2,1H3;1H. The van der Waals surface area contributed by atoms with Gasteiger partial charge in [0, 0.05) is 32.5 Å². The fourth-order valence-electron chi connectivity index (χ4n) is 4.83. The van der Waals surface area contributed by atoms with Gasteiger partial charge in [-0.25, -0.2) is 0 Å². The molecule has 0 saturated carbocycles. The third-order valence-electron chi connectivity index (χ3n) is 6.47. The summed E-state index contributed by atoms with van der Waals surface area (Å²) >= 11 is 3.71. The molecule has 3 aromatic rings. The summed E-state index contributed by atoms with van der Waals surface area (Å²) in [5.41, 5.74) is 3.01. The van der Waals surface area contributed by atoms with Crippen LogP contribution in [0.4, 0.5) is 0 Å². The van der Waals surface area contributed by atoms with E-state index in [2.05, 4.69) is 59.7 Å². The van der Waals surface area contributed by atoms with Crippen LogP contribution >= 0.6 is 35.5 Å². The van der Waals surface area contributed by atoms with Crippen LogP contribution in [0, 0.1) is 0 Å². The average Bonchev–Trinajstić information content (AvgIpc) is 3.09. The lowest BCUT2D eigenvalue weighted by molar-refractivity contribution is 0.161. The van der Waals surface area contributed by atoms with E-state index in [1.165, 1.54) is 64.1 Å². The first-order chi connectivity index (χ1) is 15.3. The molecule has 1 saturated heterocycles. The topological polar surface area (TPSA) is 12.5 Å². The zero-order valence-electron chi connectivity index (χ0n) is 18.7. The van der Waals surface area contributed by atoms with Crippen molar-refractivity contribution in [1.82, 2.24) is 4.90 Å². The first kappa shape index (κ1) is 23.7. The normalized spacial score (nSPS) is 19.0. The third kappa shape index (κ3) is 5.36. The minimum Gasteiger partial charge on any atom is -0.494 e. The maximum absolute atomic E-state index is 5.82. The van der Waals surface area contributed by atoms with E-state index in [9.17, 15) is 0 Å². The molecule has 5 heteroatoms. The van der Waals surface area contributed by atoms with Crippen LogP contribution < -0.4 is 4.74 Å². The Morgan fingerprint density at radius 1 is 1.09 bits per heavy atom. The number of rotatable bonds is 6. The monoisotopic (exact) mass is 485 g/mol. The van der Waals surface area contributed by atoms with Crippen molar-refractivity contribution in [3.8, 4) is 5.75 Å². The molecule has 170 valence electrons. The predicted octanol–water partition coefficient (Wildman–Crippen LogP) is 8.29. The lowest BCUT2D eigenvalue weighted by Gasteiger charge is -2.33.